The van der Waals surface area contributed by atoms with Crippen molar-refractivity contribution in [1.29, 1.82) is 0 Å². The van der Waals surface area contributed by atoms with Crippen molar-refractivity contribution in [3.05, 3.63) is 107 Å². The van der Waals surface area contributed by atoms with Gasteiger partial charge in [0.05, 0.1) is 46.3 Å². The standard InChI is InChI=1S/C37H28F3N7O4S/c1-41-36(48)33-24-14-23(29(45(3)52(4,49)50)16-31(24)51-35(33)20-8-10-21(38)11-9-20)26-12-13-27-34(44-26)30-15-22-25(39)6-5-7-28(22)47(30)32(43-27)17-46-18-37(40,19-46)42-2/h5-16H,17-19H2,1,3-4H3,(H,41,48). The fourth-order valence-electron chi connectivity index (χ4n) is 6.78. The number of rotatable bonds is 7. The number of alkyl halides is 1. The van der Waals surface area contributed by atoms with Crippen LogP contribution in [0, 0.1) is 18.2 Å². The molecule has 1 aliphatic heterocycles. The molecule has 0 aliphatic carbocycles. The van der Waals surface area contributed by atoms with Crippen LogP contribution in [0.25, 0.3) is 65.8 Å². The number of carbonyl (C=O) groups excluding carboxylic acids is 1. The first-order chi connectivity index (χ1) is 24.8. The summed E-state index contributed by atoms with van der Waals surface area (Å²) in [7, 11) is -0.978. The molecule has 262 valence electrons. The fourth-order valence-corrected chi connectivity index (χ4v) is 7.28. The Hall–Kier alpha value is -5.98. The number of nitrogens with zero attached hydrogens (tertiary/aromatic N) is 6. The van der Waals surface area contributed by atoms with Crippen molar-refractivity contribution in [2.45, 2.75) is 12.3 Å². The van der Waals surface area contributed by atoms with E-state index in [-0.39, 0.29) is 42.2 Å². The molecule has 8 rings (SSSR count). The van der Waals surface area contributed by atoms with Gasteiger partial charge in [-0.25, -0.2) is 33.7 Å². The van der Waals surface area contributed by atoms with Crippen molar-refractivity contribution < 1.29 is 30.8 Å². The highest BCUT2D eigenvalue weighted by molar-refractivity contribution is 7.92. The lowest BCUT2D eigenvalue weighted by molar-refractivity contribution is -0.00387. The number of nitrogens with one attached hydrogen (secondary N) is 1. The first kappa shape index (κ1) is 33.2. The fraction of sp³-hybridized carbons (Fsp3) is 0.189. The summed E-state index contributed by atoms with van der Waals surface area (Å²) in [5.41, 5.74) is 3.48. The molecule has 4 aromatic heterocycles. The maximum atomic E-state index is 15.2. The minimum Gasteiger partial charge on any atom is -0.455 e. The minimum atomic E-state index is -3.83. The number of likely N-dealkylation sites (tertiary alicyclic amines) is 1. The number of hydrogen-bond acceptors (Lipinski definition) is 7. The number of amides is 1. The smallest absolute Gasteiger partial charge is 0.395 e. The van der Waals surface area contributed by atoms with Gasteiger partial charge in [-0.1, -0.05) is 6.07 Å². The Morgan fingerprint density at radius 1 is 1.04 bits per heavy atom. The van der Waals surface area contributed by atoms with Crippen LogP contribution in [0.15, 0.2) is 77.2 Å². The number of carbonyl (C=O) groups is 1. The molecule has 0 saturated carbocycles. The summed E-state index contributed by atoms with van der Waals surface area (Å²) >= 11 is 0. The molecule has 0 spiro atoms. The zero-order valence-electron chi connectivity index (χ0n) is 27.9. The summed E-state index contributed by atoms with van der Waals surface area (Å²) in [5, 5.41) is 3.29. The maximum absolute atomic E-state index is 15.2. The van der Waals surface area contributed by atoms with Crippen molar-refractivity contribution in [2.75, 3.05) is 37.7 Å². The van der Waals surface area contributed by atoms with Gasteiger partial charge in [-0.2, -0.15) is 4.39 Å². The van der Waals surface area contributed by atoms with Crippen LogP contribution in [0.1, 0.15) is 16.2 Å². The SMILES string of the molecule is [C-]#[N+]C1(F)CN(Cc2nc3ccc(-c4cc5c(C(=O)NC)c(-c6ccc(F)cc6)oc5cc4N(C)S(C)(=O)=O)nc3c3cc4c(F)cccc4n23)C1. The molecule has 1 saturated heterocycles. The quantitative estimate of drug-likeness (QED) is 0.147. The molecule has 1 aliphatic rings. The number of anilines is 1. The molecule has 0 bridgehead atoms. The van der Waals surface area contributed by atoms with E-state index in [0.717, 1.165) is 10.6 Å². The number of hydrogen-bond donors (Lipinski definition) is 1. The molecule has 1 N–H and O–H groups in total. The van der Waals surface area contributed by atoms with Crippen LogP contribution in [0.2, 0.25) is 0 Å². The number of pyridine rings is 1. The topological polar surface area (TPSA) is 117 Å². The first-order valence-electron chi connectivity index (χ1n) is 16.0. The maximum Gasteiger partial charge on any atom is 0.395 e. The van der Waals surface area contributed by atoms with Crippen LogP contribution in [0.5, 0.6) is 0 Å². The zero-order valence-corrected chi connectivity index (χ0v) is 28.7. The molecule has 52 heavy (non-hydrogen) atoms. The molecular weight excluding hydrogens is 696 g/mol. The molecule has 7 aromatic rings. The second-order valence-corrected chi connectivity index (χ2v) is 14.8. The zero-order chi connectivity index (χ0) is 36.7. The van der Waals surface area contributed by atoms with E-state index < -0.39 is 33.4 Å². The molecular formula is C37H28F3N7O4S. The lowest BCUT2D eigenvalue weighted by atomic mass is 10.0. The van der Waals surface area contributed by atoms with Gasteiger partial charge >= 0.3 is 5.79 Å². The highest BCUT2D eigenvalue weighted by Crippen LogP contribution is 2.42. The van der Waals surface area contributed by atoms with Gasteiger partial charge in [-0.05, 0) is 60.7 Å². The summed E-state index contributed by atoms with van der Waals surface area (Å²) < 4.78 is 78.4. The molecule has 11 nitrogen and oxygen atoms in total. The summed E-state index contributed by atoms with van der Waals surface area (Å²) in [6, 6.07) is 18.3. The van der Waals surface area contributed by atoms with E-state index >= 15 is 4.39 Å². The van der Waals surface area contributed by atoms with Crippen LogP contribution in [-0.4, -0.2) is 72.8 Å². The number of furan rings is 1. The highest BCUT2D eigenvalue weighted by atomic mass is 32.2. The number of aromatic nitrogens is 3. The Morgan fingerprint density at radius 2 is 1.79 bits per heavy atom. The predicted octanol–water partition coefficient (Wildman–Crippen LogP) is 6.55. The molecule has 15 heteroatoms. The van der Waals surface area contributed by atoms with Gasteiger partial charge in [0.2, 0.25) is 10.0 Å². The van der Waals surface area contributed by atoms with Gasteiger partial charge in [0.15, 0.2) is 0 Å². The Labute approximate surface area is 294 Å². The Bertz CT molecular complexity index is 2790. The lowest BCUT2D eigenvalue weighted by Gasteiger charge is -2.35. The average Bonchev–Trinajstić information content (AvgIpc) is 3.69. The number of fused-ring (bicyclic) bond motifs is 6. The Morgan fingerprint density at radius 3 is 2.48 bits per heavy atom. The van der Waals surface area contributed by atoms with E-state index in [1.165, 1.54) is 50.5 Å². The summed E-state index contributed by atoms with van der Waals surface area (Å²) in [6.07, 6.45) is 1.05. The van der Waals surface area contributed by atoms with E-state index in [4.69, 9.17) is 21.0 Å². The van der Waals surface area contributed by atoms with Gasteiger partial charge < -0.3 is 9.73 Å². The predicted molar refractivity (Wildman–Crippen MR) is 191 cm³/mol. The third kappa shape index (κ3) is 5.30. The van der Waals surface area contributed by atoms with Gasteiger partial charge in [0, 0.05) is 42.1 Å². The highest BCUT2D eigenvalue weighted by Gasteiger charge is 2.50. The average molecular weight is 724 g/mol. The molecule has 0 atom stereocenters. The van der Waals surface area contributed by atoms with Gasteiger partial charge in [0.1, 0.15) is 47.4 Å². The normalized spacial score (nSPS) is 14.6. The summed E-state index contributed by atoms with van der Waals surface area (Å²) in [6.45, 7) is 7.17. The van der Waals surface area contributed by atoms with Crippen LogP contribution < -0.4 is 9.62 Å². The molecule has 1 fully saturated rings. The van der Waals surface area contributed by atoms with Crippen molar-refractivity contribution in [2.24, 2.45) is 0 Å². The van der Waals surface area contributed by atoms with E-state index in [1.807, 2.05) is 0 Å². The van der Waals surface area contributed by atoms with Crippen LogP contribution in [-0.2, 0) is 16.6 Å². The van der Waals surface area contributed by atoms with Crippen molar-refractivity contribution in [3.63, 3.8) is 0 Å². The van der Waals surface area contributed by atoms with E-state index in [1.54, 1.807) is 45.7 Å². The van der Waals surface area contributed by atoms with Gasteiger partial charge in [-0.15, -0.1) is 0 Å². The number of sulfonamides is 1. The molecule has 3 aromatic carbocycles. The monoisotopic (exact) mass is 723 g/mol. The van der Waals surface area contributed by atoms with Crippen molar-refractivity contribution in [3.8, 4) is 22.6 Å². The Balaban J connectivity index is 1.38. The molecule has 1 amide bonds. The second kappa shape index (κ2) is 11.8. The van der Waals surface area contributed by atoms with Gasteiger partial charge in [0.25, 0.3) is 5.91 Å². The molecule has 0 unspecified atom stereocenters. The van der Waals surface area contributed by atoms with Gasteiger partial charge in [-0.3, -0.25) is 23.2 Å². The summed E-state index contributed by atoms with van der Waals surface area (Å²) in [4.78, 5) is 28.0. The molecule has 0 radical (unpaired) electrons. The largest absolute Gasteiger partial charge is 0.455 e. The minimum absolute atomic E-state index is 0.0868. The number of benzene rings is 3. The number of halogens is 3. The van der Waals surface area contributed by atoms with Crippen molar-refractivity contribution in [1.82, 2.24) is 24.6 Å². The summed E-state index contributed by atoms with van der Waals surface area (Å²) in [5.74, 6) is -2.72. The Kier molecular flexibility index (Phi) is 7.52. The van der Waals surface area contributed by atoms with Crippen LogP contribution in [0.3, 0.4) is 0 Å². The van der Waals surface area contributed by atoms with E-state index in [9.17, 15) is 22.0 Å². The van der Waals surface area contributed by atoms with Crippen LogP contribution in [0.4, 0.5) is 18.9 Å². The van der Waals surface area contributed by atoms with E-state index in [0.29, 0.717) is 55.5 Å². The van der Waals surface area contributed by atoms with Crippen molar-refractivity contribution >= 4 is 60.0 Å². The third-order valence-corrected chi connectivity index (χ3v) is 10.6. The van der Waals surface area contributed by atoms with E-state index in [2.05, 4.69) is 10.2 Å². The third-order valence-electron chi connectivity index (χ3n) is 9.39. The molecule has 5 heterocycles. The second-order valence-electron chi connectivity index (χ2n) is 12.8. The first-order valence-corrected chi connectivity index (χ1v) is 17.9. The lowest BCUT2D eigenvalue weighted by Crippen LogP contribution is -2.56. The van der Waals surface area contributed by atoms with Crippen LogP contribution >= 0.6 is 0 Å².